The molecule has 0 bridgehead atoms. The first kappa shape index (κ1) is 15.5. The van der Waals surface area contributed by atoms with Crippen LogP contribution in [0.5, 0.6) is 0 Å². The van der Waals surface area contributed by atoms with Crippen molar-refractivity contribution >= 4 is 23.4 Å². The number of aromatic nitrogens is 2. The average molecular weight is 302 g/mol. The Balaban J connectivity index is 0.00000161. The van der Waals surface area contributed by atoms with Crippen LogP contribution >= 0.6 is 12.4 Å². The largest absolute Gasteiger partial charge is 0.330 e. The number of imidazole rings is 1. The summed E-state index contributed by atoms with van der Waals surface area (Å²) in [5.74, 6) is 1.09. The highest BCUT2D eigenvalue weighted by molar-refractivity contribution is 5.85. The molecule has 0 atom stereocenters. The van der Waals surface area contributed by atoms with E-state index in [1.54, 1.807) is 0 Å². The molecule has 3 aromatic rings. The van der Waals surface area contributed by atoms with Gasteiger partial charge in [0.2, 0.25) is 0 Å². The van der Waals surface area contributed by atoms with Crippen LogP contribution in [0.4, 0.5) is 0 Å². The van der Waals surface area contributed by atoms with Crippen LogP contribution in [0.3, 0.4) is 0 Å². The topological polar surface area (TPSA) is 43.8 Å². The molecule has 1 aromatic heterocycles. The van der Waals surface area contributed by atoms with Gasteiger partial charge in [-0.25, -0.2) is 4.98 Å². The summed E-state index contributed by atoms with van der Waals surface area (Å²) in [6.45, 7) is 1.58. The number of nitrogens with two attached hydrogens (primary N) is 1. The Morgan fingerprint density at radius 2 is 1.62 bits per heavy atom. The number of rotatable bonds is 5. The third-order valence-electron chi connectivity index (χ3n) is 3.57. The molecule has 0 saturated carbocycles. The van der Waals surface area contributed by atoms with Crippen molar-refractivity contribution in [3.63, 3.8) is 0 Å². The molecule has 0 spiro atoms. The molecule has 0 saturated heterocycles. The molecule has 4 heteroatoms. The van der Waals surface area contributed by atoms with E-state index in [1.165, 1.54) is 11.1 Å². The van der Waals surface area contributed by atoms with E-state index < -0.39 is 0 Å². The van der Waals surface area contributed by atoms with Gasteiger partial charge in [-0.1, -0.05) is 42.5 Å². The first-order valence-electron chi connectivity index (χ1n) is 7.06. The normalized spacial score (nSPS) is 10.5. The Morgan fingerprint density at radius 3 is 2.38 bits per heavy atom. The van der Waals surface area contributed by atoms with Crippen molar-refractivity contribution < 1.29 is 0 Å². The predicted octanol–water partition coefficient (Wildman–Crippen LogP) is 3.20. The van der Waals surface area contributed by atoms with Gasteiger partial charge in [-0.15, -0.1) is 12.4 Å². The zero-order valence-corrected chi connectivity index (χ0v) is 12.7. The van der Waals surface area contributed by atoms with Gasteiger partial charge in [0.25, 0.3) is 0 Å². The minimum Gasteiger partial charge on any atom is -0.330 e. The fourth-order valence-electron chi connectivity index (χ4n) is 2.58. The van der Waals surface area contributed by atoms with Crippen LogP contribution in [0.15, 0.2) is 54.6 Å². The van der Waals surface area contributed by atoms with Crippen LogP contribution in [0.25, 0.3) is 11.0 Å². The highest BCUT2D eigenvalue weighted by atomic mass is 35.5. The average Bonchev–Trinajstić information content (AvgIpc) is 2.84. The van der Waals surface area contributed by atoms with Crippen LogP contribution < -0.4 is 5.73 Å². The molecule has 0 aliphatic carbocycles. The Kier molecular flexibility index (Phi) is 5.37. The monoisotopic (exact) mass is 301 g/mol. The first-order chi connectivity index (χ1) is 9.88. The molecule has 0 fully saturated rings. The Labute approximate surface area is 131 Å². The fourth-order valence-corrected chi connectivity index (χ4v) is 2.58. The van der Waals surface area contributed by atoms with E-state index in [2.05, 4.69) is 53.1 Å². The molecule has 110 valence electrons. The highest BCUT2D eigenvalue weighted by Crippen LogP contribution is 2.17. The maximum Gasteiger partial charge on any atom is 0.111 e. The summed E-state index contributed by atoms with van der Waals surface area (Å²) >= 11 is 0. The van der Waals surface area contributed by atoms with E-state index in [9.17, 15) is 0 Å². The summed E-state index contributed by atoms with van der Waals surface area (Å²) in [5, 5.41) is 0. The smallest absolute Gasteiger partial charge is 0.111 e. The van der Waals surface area contributed by atoms with Gasteiger partial charge in [-0.05, 0) is 30.7 Å². The maximum atomic E-state index is 5.71. The van der Waals surface area contributed by atoms with Crippen molar-refractivity contribution in [2.24, 2.45) is 5.73 Å². The quantitative estimate of drug-likeness (QED) is 0.786. The lowest BCUT2D eigenvalue weighted by Gasteiger charge is -2.08. The summed E-state index contributed by atoms with van der Waals surface area (Å²) in [5.41, 5.74) is 9.32. The van der Waals surface area contributed by atoms with E-state index in [1.807, 2.05) is 6.07 Å². The second-order valence-electron chi connectivity index (χ2n) is 4.94. The summed E-state index contributed by atoms with van der Waals surface area (Å²) in [6, 6.07) is 18.9. The second kappa shape index (κ2) is 7.25. The van der Waals surface area contributed by atoms with E-state index in [-0.39, 0.29) is 12.4 Å². The number of benzene rings is 2. The zero-order chi connectivity index (χ0) is 13.8. The van der Waals surface area contributed by atoms with E-state index >= 15 is 0 Å². The number of nitrogens with zero attached hydrogens (tertiary/aromatic N) is 2. The number of aryl methyl sites for hydroxylation is 2. The number of halogens is 1. The minimum absolute atomic E-state index is 0. The van der Waals surface area contributed by atoms with Gasteiger partial charge in [-0.3, -0.25) is 0 Å². The van der Waals surface area contributed by atoms with Gasteiger partial charge < -0.3 is 10.3 Å². The minimum atomic E-state index is 0. The number of hydrogen-bond donors (Lipinski definition) is 1. The predicted molar refractivity (Wildman–Crippen MR) is 89.9 cm³/mol. The lowest BCUT2D eigenvalue weighted by Crippen LogP contribution is -2.11. The Hall–Kier alpha value is -1.84. The molecule has 0 unspecified atom stereocenters. The highest BCUT2D eigenvalue weighted by Gasteiger charge is 2.09. The molecule has 21 heavy (non-hydrogen) atoms. The van der Waals surface area contributed by atoms with Crippen LogP contribution in [0, 0.1) is 0 Å². The van der Waals surface area contributed by atoms with E-state index in [4.69, 9.17) is 10.7 Å². The van der Waals surface area contributed by atoms with Gasteiger partial charge in [0.05, 0.1) is 11.0 Å². The third-order valence-corrected chi connectivity index (χ3v) is 3.57. The molecule has 0 aliphatic rings. The van der Waals surface area contributed by atoms with Crippen LogP contribution in [0.1, 0.15) is 11.4 Å². The molecule has 3 nitrogen and oxygen atoms in total. The standard InChI is InChI=1S/C17H19N3.ClH/c18-12-10-17-19-15-8-4-5-9-16(15)20(17)13-11-14-6-2-1-3-7-14;/h1-9H,10-13,18H2;1H. The molecular formula is C17H20ClN3. The van der Waals surface area contributed by atoms with Crippen LogP contribution in [-0.4, -0.2) is 16.1 Å². The Bertz CT molecular complexity index is 692. The number of fused-ring (bicyclic) bond motifs is 1. The summed E-state index contributed by atoms with van der Waals surface area (Å²) < 4.78 is 2.30. The molecule has 2 N–H and O–H groups in total. The lowest BCUT2D eigenvalue weighted by molar-refractivity contribution is 0.665. The SMILES string of the molecule is Cl.NCCc1nc2ccccc2n1CCc1ccccc1. The fraction of sp³-hybridized carbons (Fsp3) is 0.235. The van der Waals surface area contributed by atoms with Gasteiger partial charge in [-0.2, -0.15) is 0 Å². The van der Waals surface area contributed by atoms with Crippen molar-refractivity contribution in [2.75, 3.05) is 6.54 Å². The molecule has 0 radical (unpaired) electrons. The summed E-state index contributed by atoms with van der Waals surface area (Å²) in [6.07, 6.45) is 1.84. The molecular weight excluding hydrogens is 282 g/mol. The molecule has 0 amide bonds. The molecule has 1 heterocycles. The summed E-state index contributed by atoms with van der Waals surface area (Å²) in [4.78, 5) is 4.70. The zero-order valence-electron chi connectivity index (χ0n) is 11.9. The first-order valence-corrected chi connectivity index (χ1v) is 7.06. The lowest BCUT2D eigenvalue weighted by atomic mass is 10.1. The van der Waals surface area contributed by atoms with Crippen molar-refractivity contribution in [2.45, 2.75) is 19.4 Å². The van der Waals surface area contributed by atoms with Crippen molar-refractivity contribution in [3.8, 4) is 0 Å². The van der Waals surface area contributed by atoms with Gasteiger partial charge >= 0.3 is 0 Å². The Morgan fingerprint density at radius 1 is 0.905 bits per heavy atom. The third kappa shape index (κ3) is 3.43. The molecule has 3 rings (SSSR count). The van der Waals surface area contributed by atoms with Crippen molar-refractivity contribution in [1.29, 1.82) is 0 Å². The maximum absolute atomic E-state index is 5.71. The van der Waals surface area contributed by atoms with Crippen LogP contribution in [0.2, 0.25) is 0 Å². The molecule has 2 aromatic carbocycles. The van der Waals surface area contributed by atoms with E-state index in [0.717, 1.165) is 30.7 Å². The molecule has 0 aliphatic heterocycles. The van der Waals surface area contributed by atoms with Crippen molar-refractivity contribution in [1.82, 2.24) is 9.55 Å². The van der Waals surface area contributed by atoms with Gasteiger partial charge in [0, 0.05) is 13.0 Å². The second-order valence-corrected chi connectivity index (χ2v) is 4.94. The van der Waals surface area contributed by atoms with Gasteiger partial charge in [0.1, 0.15) is 5.82 Å². The number of hydrogen-bond acceptors (Lipinski definition) is 2. The number of para-hydroxylation sites is 2. The van der Waals surface area contributed by atoms with Gasteiger partial charge in [0.15, 0.2) is 0 Å². The summed E-state index contributed by atoms with van der Waals surface area (Å²) in [7, 11) is 0. The van der Waals surface area contributed by atoms with Crippen molar-refractivity contribution in [3.05, 3.63) is 66.0 Å². The van der Waals surface area contributed by atoms with Crippen LogP contribution in [-0.2, 0) is 19.4 Å². The van der Waals surface area contributed by atoms with E-state index in [0.29, 0.717) is 6.54 Å².